The molecule has 2 aromatic carbocycles. The Kier molecular flexibility index (Phi) is 5.30. The van der Waals surface area contributed by atoms with Gasteiger partial charge in [0.25, 0.3) is 5.91 Å². The van der Waals surface area contributed by atoms with Crippen LogP contribution in [-0.4, -0.2) is 11.7 Å². The van der Waals surface area contributed by atoms with Crippen LogP contribution in [0.3, 0.4) is 0 Å². The molecule has 0 aromatic heterocycles. The standard InChI is InChI=1S/C20H13F4NO3/c21-13-5-7-16(8-6-13)28-18-10-12(20(22,23)24)4-9-17(18)19(27)25-14-2-1-3-15(26)11-14/h1-2,4-11H,3H2,(H,25,27). The van der Waals surface area contributed by atoms with Crippen LogP contribution in [0.25, 0.3) is 0 Å². The van der Waals surface area contributed by atoms with Gasteiger partial charge in [-0.1, -0.05) is 6.08 Å². The molecule has 0 unspecified atom stereocenters. The van der Waals surface area contributed by atoms with Gasteiger partial charge in [0.2, 0.25) is 0 Å². The molecular formula is C20H13F4NO3. The van der Waals surface area contributed by atoms with Gasteiger partial charge >= 0.3 is 6.18 Å². The normalized spacial score (nSPS) is 13.9. The molecule has 8 heteroatoms. The fourth-order valence-corrected chi connectivity index (χ4v) is 2.46. The third kappa shape index (κ3) is 4.64. The third-order valence-corrected chi connectivity index (χ3v) is 3.79. The maximum absolute atomic E-state index is 13.0. The van der Waals surface area contributed by atoms with E-state index < -0.39 is 23.5 Å². The van der Waals surface area contributed by atoms with E-state index in [1.807, 2.05) is 0 Å². The summed E-state index contributed by atoms with van der Waals surface area (Å²) in [6.45, 7) is 0. The average Bonchev–Trinajstić information content (AvgIpc) is 2.63. The first-order valence-electron chi connectivity index (χ1n) is 8.09. The van der Waals surface area contributed by atoms with Crippen molar-refractivity contribution in [3.05, 3.63) is 83.3 Å². The van der Waals surface area contributed by atoms with Crippen molar-refractivity contribution in [1.82, 2.24) is 5.32 Å². The minimum atomic E-state index is -4.64. The molecule has 0 aliphatic heterocycles. The molecule has 0 spiro atoms. The molecule has 0 saturated carbocycles. The van der Waals surface area contributed by atoms with Gasteiger partial charge in [0.15, 0.2) is 5.78 Å². The number of benzene rings is 2. The number of carbonyl (C=O) groups is 2. The number of alkyl halides is 3. The third-order valence-electron chi connectivity index (χ3n) is 3.79. The fraction of sp³-hybridized carbons (Fsp3) is 0.100. The second-order valence-corrected chi connectivity index (χ2v) is 5.89. The maximum atomic E-state index is 13.0. The van der Waals surface area contributed by atoms with Gasteiger partial charge in [0, 0.05) is 18.2 Å². The van der Waals surface area contributed by atoms with E-state index >= 15 is 0 Å². The van der Waals surface area contributed by atoms with Crippen molar-refractivity contribution in [2.24, 2.45) is 0 Å². The first-order valence-corrected chi connectivity index (χ1v) is 8.09. The summed E-state index contributed by atoms with van der Waals surface area (Å²) >= 11 is 0. The Morgan fingerprint density at radius 3 is 2.43 bits per heavy atom. The summed E-state index contributed by atoms with van der Waals surface area (Å²) in [7, 11) is 0. The summed E-state index contributed by atoms with van der Waals surface area (Å²) in [6, 6.07) is 7.02. The van der Waals surface area contributed by atoms with E-state index in [9.17, 15) is 27.2 Å². The van der Waals surface area contributed by atoms with Crippen molar-refractivity contribution in [3.63, 3.8) is 0 Å². The minimum Gasteiger partial charge on any atom is -0.457 e. The van der Waals surface area contributed by atoms with E-state index in [1.165, 1.54) is 24.3 Å². The second-order valence-electron chi connectivity index (χ2n) is 5.89. The van der Waals surface area contributed by atoms with Crippen molar-refractivity contribution in [3.8, 4) is 11.5 Å². The Labute approximate surface area is 157 Å². The molecule has 4 nitrogen and oxygen atoms in total. The van der Waals surface area contributed by atoms with E-state index in [-0.39, 0.29) is 35.0 Å². The van der Waals surface area contributed by atoms with Gasteiger partial charge in [0.1, 0.15) is 17.3 Å². The number of hydrogen-bond acceptors (Lipinski definition) is 3. The van der Waals surface area contributed by atoms with Crippen molar-refractivity contribution >= 4 is 11.7 Å². The summed E-state index contributed by atoms with van der Waals surface area (Å²) < 4.78 is 57.6. The van der Waals surface area contributed by atoms with Crippen molar-refractivity contribution in [1.29, 1.82) is 0 Å². The van der Waals surface area contributed by atoms with E-state index in [0.29, 0.717) is 6.07 Å². The number of halogens is 4. The molecule has 0 fully saturated rings. The number of nitrogens with one attached hydrogen (secondary N) is 1. The highest BCUT2D eigenvalue weighted by molar-refractivity contribution is 6.00. The van der Waals surface area contributed by atoms with Gasteiger partial charge < -0.3 is 10.1 Å². The molecular weight excluding hydrogens is 378 g/mol. The van der Waals surface area contributed by atoms with E-state index in [1.54, 1.807) is 6.08 Å². The number of allylic oxidation sites excluding steroid dienone is 3. The molecule has 1 N–H and O–H groups in total. The predicted octanol–water partition coefficient (Wildman–Crippen LogP) is 4.78. The lowest BCUT2D eigenvalue weighted by molar-refractivity contribution is -0.137. The lowest BCUT2D eigenvalue weighted by atomic mass is 10.1. The van der Waals surface area contributed by atoms with Gasteiger partial charge in [0.05, 0.1) is 11.1 Å². The molecule has 0 atom stereocenters. The van der Waals surface area contributed by atoms with Crippen LogP contribution in [0, 0.1) is 5.82 Å². The zero-order valence-electron chi connectivity index (χ0n) is 14.2. The number of hydrogen-bond donors (Lipinski definition) is 1. The van der Waals surface area contributed by atoms with Crippen LogP contribution < -0.4 is 10.1 Å². The molecule has 144 valence electrons. The SMILES string of the molecule is O=C1C=C(NC(=O)c2ccc(C(F)(F)F)cc2Oc2ccc(F)cc2)C=CC1. The highest BCUT2D eigenvalue weighted by Gasteiger charge is 2.32. The molecule has 1 aliphatic rings. The molecule has 0 bridgehead atoms. The summed E-state index contributed by atoms with van der Waals surface area (Å²) in [4.78, 5) is 24.0. The van der Waals surface area contributed by atoms with Crippen LogP contribution in [0.4, 0.5) is 17.6 Å². The molecule has 3 rings (SSSR count). The number of ketones is 1. The van der Waals surface area contributed by atoms with Crippen LogP contribution in [0.5, 0.6) is 11.5 Å². The van der Waals surface area contributed by atoms with Gasteiger partial charge in [-0.05, 0) is 48.5 Å². The fourth-order valence-electron chi connectivity index (χ4n) is 2.46. The van der Waals surface area contributed by atoms with E-state index in [0.717, 1.165) is 24.3 Å². The number of rotatable bonds is 4. The van der Waals surface area contributed by atoms with Gasteiger partial charge in [-0.25, -0.2) is 4.39 Å². The smallest absolute Gasteiger partial charge is 0.416 e. The average molecular weight is 391 g/mol. The zero-order chi connectivity index (χ0) is 20.3. The number of ether oxygens (including phenoxy) is 1. The summed E-state index contributed by atoms with van der Waals surface area (Å²) in [5.41, 5.74) is -0.966. The molecule has 0 radical (unpaired) electrons. The van der Waals surface area contributed by atoms with Crippen LogP contribution in [0.2, 0.25) is 0 Å². The van der Waals surface area contributed by atoms with Crippen LogP contribution in [0.1, 0.15) is 22.3 Å². The molecule has 0 heterocycles. The maximum Gasteiger partial charge on any atom is 0.416 e. The predicted molar refractivity (Wildman–Crippen MR) is 92.2 cm³/mol. The van der Waals surface area contributed by atoms with E-state index in [2.05, 4.69) is 5.32 Å². The lowest BCUT2D eigenvalue weighted by Gasteiger charge is -2.15. The van der Waals surface area contributed by atoms with Gasteiger partial charge in [-0.3, -0.25) is 9.59 Å². The largest absolute Gasteiger partial charge is 0.457 e. The van der Waals surface area contributed by atoms with Gasteiger partial charge in [-0.2, -0.15) is 13.2 Å². The Morgan fingerprint density at radius 2 is 1.79 bits per heavy atom. The topological polar surface area (TPSA) is 55.4 Å². The van der Waals surface area contributed by atoms with Crippen LogP contribution >= 0.6 is 0 Å². The highest BCUT2D eigenvalue weighted by atomic mass is 19.4. The molecule has 0 saturated heterocycles. The van der Waals surface area contributed by atoms with Crippen molar-refractivity contribution < 1.29 is 31.9 Å². The quantitative estimate of drug-likeness (QED) is 0.764. The molecule has 2 aromatic rings. The summed E-state index contributed by atoms with van der Waals surface area (Å²) in [5.74, 6) is -1.81. The lowest BCUT2D eigenvalue weighted by Crippen LogP contribution is -2.24. The molecule has 1 amide bonds. The van der Waals surface area contributed by atoms with Gasteiger partial charge in [-0.15, -0.1) is 0 Å². The molecule has 28 heavy (non-hydrogen) atoms. The summed E-state index contributed by atoms with van der Waals surface area (Å²) in [6.07, 6.45) is -0.136. The van der Waals surface area contributed by atoms with Crippen LogP contribution in [-0.2, 0) is 11.0 Å². The Morgan fingerprint density at radius 1 is 1.07 bits per heavy atom. The van der Waals surface area contributed by atoms with E-state index in [4.69, 9.17) is 4.74 Å². The number of carbonyl (C=O) groups excluding carboxylic acids is 2. The minimum absolute atomic E-state index is 0.0572. The van der Waals surface area contributed by atoms with Crippen molar-refractivity contribution in [2.45, 2.75) is 12.6 Å². The Bertz CT molecular complexity index is 976. The first-order chi connectivity index (χ1) is 13.2. The molecule has 1 aliphatic carbocycles. The Hall–Kier alpha value is -3.42. The monoisotopic (exact) mass is 391 g/mol. The zero-order valence-corrected chi connectivity index (χ0v) is 14.2. The number of amides is 1. The second kappa shape index (κ2) is 7.67. The van der Waals surface area contributed by atoms with Crippen LogP contribution in [0.15, 0.2) is 66.4 Å². The Balaban J connectivity index is 1.94. The highest BCUT2D eigenvalue weighted by Crippen LogP contribution is 2.35. The first kappa shape index (κ1) is 19.3. The summed E-state index contributed by atoms with van der Waals surface area (Å²) in [5, 5.41) is 2.45. The van der Waals surface area contributed by atoms with Crippen molar-refractivity contribution in [2.75, 3.05) is 0 Å².